The highest BCUT2D eigenvalue weighted by Crippen LogP contribution is 2.41. The minimum atomic E-state index is -0.546. The smallest absolute Gasteiger partial charge is 0.278 e. The molecule has 106 valence electrons. The molecule has 0 spiro atoms. The van der Waals surface area contributed by atoms with Crippen LogP contribution >= 0.6 is 23.7 Å². The summed E-state index contributed by atoms with van der Waals surface area (Å²) in [6, 6.07) is 6.12. The van der Waals surface area contributed by atoms with Crippen LogP contribution in [0.3, 0.4) is 0 Å². The molecule has 6 nitrogen and oxygen atoms in total. The second kappa shape index (κ2) is 5.66. The summed E-state index contributed by atoms with van der Waals surface area (Å²) in [5.74, 6) is 0.876. The first-order valence-corrected chi connectivity index (χ1v) is 6.41. The van der Waals surface area contributed by atoms with Crippen LogP contribution in [0.2, 0.25) is 0 Å². The molecule has 0 unspecified atom stereocenters. The second-order valence-electron chi connectivity index (χ2n) is 4.01. The van der Waals surface area contributed by atoms with E-state index in [4.69, 9.17) is 15.2 Å². The minimum absolute atomic E-state index is 0. The molecule has 1 aromatic heterocycles. The van der Waals surface area contributed by atoms with Gasteiger partial charge in [-0.25, -0.2) is 0 Å². The first-order valence-electron chi connectivity index (χ1n) is 5.53. The maximum Gasteiger partial charge on any atom is 0.278 e. The van der Waals surface area contributed by atoms with Gasteiger partial charge in [0.2, 0.25) is 6.79 Å². The zero-order valence-electron chi connectivity index (χ0n) is 10.1. The standard InChI is InChI=1S/C12H10N2O4S.ClH/c13-12(11-2-1-3-19-11)7-4-9-10(18-6-17-9)5-8(7)14(15)16;/h1-5,12H,6,13H2;1H/t12-;/m1./s1. The molecule has 0 bridgehead atoms. The molecule has 0 radical (unpaired) electrons. The normalized spacial score (nSPS) is 13.7. The van der Waals surface area contributed by atoms with Gasteiger partial charge in [-0.1, -0.05) is 6.07 Å². The Kier molecular flexibility index (Phi) is 4.12. The Morgan fingerprint density at radius 2 is 2.05 bits per heavy atom. The van der Waals surface area contributed by atoms with Crippen LogP contribution in [0.4, 0.5) is 5.69 Å². The highest BCUT2D eigenvalue weighted by molar-refractivity contribution is 7.10. The number of halogens is 1. The molecule has 0 fully saturated rings. The van der Waals surface area contributed by atoms with E-state index in [1.165, 1.54) is 17.4 Å². The van der Waals surface area contributed by atoms with Gasteiger partial charge in [0, 0.05) is 4.88 Å². The summed E-state index contributed by atoms with van der Waals surface area (Å²) in [6.07, 6.45) is 0. The van der Waals surface area contributed by atoms with Gasteiger partial charge in [-0.15, -0.1) is 23.7 Å². The quantitative estimate of drug-likeness (QED) is 0.695. The summed E-state index contributed by atoms with van der Waals surface area (Å²) in [4.78, 5) is 11.6. The molecule has 8 heteroatoms. The van der Waals surface area contributed by atoms with Crippen molar-refractivity contribution in [3.05, 3.63) is 50.2 Å². The SMILES string of the molecule is Cl.N[C@@H](c1cccs1)c1cc2c(cc1[N+](=O)[O-])OCO2. The summed E-state index contributed by atoms with van der Waals surface area (Å²) < 4.78 is 10.4. The van der Waals surface area contributed by atoms with Crippen LogP contribution in [0.5, 0.6) is 11.5 Å². The van der Waals surface area contributed by atoms with Crippen LogP contribution in [0.25, 0.3) is 0 Å². The van der Waals surface area contributed by atoms with Crippen LogP contribution in [0.1, 0.15) is 16.5 Å². The molecule has 2 aromatic rings. The third-order valence-electron chi connectivity index (χ3n) is 2.90. The van der Waals surface area contributed by atoms with E-state index in [-0.39, 0.29) is 24.9 Å². The monoisotopic (exact) mass is 314 g/mol. The number of ether oxygens (including phenoxy) is 2. The molecule has 3 rings (SSSR count). The third kappa shape index (κ3) is 2.43. The van der Waals surface area contributed by atoms with Gasteiger partial charge in [0.15, 0.2) is 11.5 Å². The van der Waals surface area contributed by atoms with Crippen molar-refractivity contribution in [2.24, 2.45) is 5.73 Å². The highest BCUT2D eigenvalue weighted by atomic mass is 35.5. The summed E-state index contributed by atoms with van der Waals surface area (Å²) in [6.45, 7) is 0.0736. The predicted octanol–water partition coefficient (Wildman–Crippen LogP) is 2.85. The Morgan fingerprint density at radius 1 is 1.35 bits per heavy atom. The van der Waals surface area contributed by atoms with Crippen LogP contribution < -0.4 is 15.2 Å². The molecular formula is C12H11ClN2O4S. The number of benzene rings is 1. The number of fused-ring (bicyclic) bond motifs is 1. The Hall–Kier alpha value is -1.83. The number of rotatable bonds is 3. The molecule has 2 heterocycles. The van der Waals surface area contributed by atoms with Gasteiger partial charge in [0.25, 0.3) is 5.69 Å². The van der Waals surface area contributed by atoms with Gasteiger partial charge in [0.1, 0.15) is 0 Å². The number of nitrogens with two attached hydrogens (primary N) is 1. The van der Waals surface area contributed by atoms with E-state index in [1.54, 1.807) is 6.07 Å². The van der Waals surface area contributed by atoms with Gasteiger partial charge in [-0.2, -0.15) is 0 Å². The first kappa shape index (κ1) is 14.6. The summed E-state index contributed by atoms with van der Waals surface area (Å²) in [5.41, 5.74) is 6.48. The fraction of sp³-hybridized carbons (Fsp3) is 0.167. The van der Waals surface area contributed by atoms with E-state index in [0.29, 0.717) is 17.1 Å². The molecular weight excluding hydrogens is 304 g/mol. The largest absolute Gasteiger partial charge is 0.454 e. The number of nitro benzene ring substituents is 1. The Balaban J connectivity index is 0.00000147. The van der Waals surface area contributed by atoms with Crippen LogP contribution in [0, 0.1) is 10.1 Å². The lowest BCUT2D eigenvalue weighted by Gasteiger charge is -2.11. The van der Waals surface area contributed by atoms with E-state index in [1.807, 2.05) is 17.5 Å². The van der Waals surface area contributed by atoms with Gasteiger partial charge in [-0.05, 0) is 17.5 Å². The predicted molar refractivity (Wildman–Crippen MR) is 76.8 cm³/mol. The number of thiophene rings is 1. The van der Waals surface area contributed by atoms with E-state index in [2.05, 4.69) is 0 Å². The Bertz CT molecular complexity index is 633. The third-order valence-corrected chi connectivity index (χ3v) is 3.86. The van der Waals surface area contributed by atoms with Gasteiger partial charge >= 0.3 is 0 Å². The Labute approximate surface area is 124 Å². The molecule has 0 amide bonds. The van der Waals surface area contributed by atoms with Crippen molar-refractivity contribution in [2.75, 3.05) is 6.79 Å². The van der Waals surface area contributed by atoms with Gasteiger partial charge < -0.3 is 15.2 Å². The maximum atomic E-state index is 11.2. The minimum Gasteiger partial charge on any atom is -0.454 e. The maximum absolute atomic E-state index is 11.2. The van der Waals surface area contributed by atoms with E-state index < -0.39 is 11.0 Å². The van der Waals surface area contributed by atoms with Crippen molar-refractivity contribution in [3.63, 3.8) is 0 Å². The summed E-state index contributed by atoms with van der Waals surface area (Å²) >= 11 is 1.46. The molecule has 20 heavy (non-hydrogen) atoms. The fourth-order valence-corrected chi connectivity index (χ4v) is 2.72. The first-order chi connectivity index (χ1) is 9.16. The van der Waals surface area contributed by atoms with Crippen molar-refractivity contribution >= 4 is 29.4 Å². The highest BCUT2D eigenvalue weighted by Gasteiger charge is 2.27. The molecule has 1 aromatic carbocycles. The summed E-state index contributed by atoms with van der Waals surface area (Å²) in [7, 11) is 0. The van der Waals surface area contributed by atoms with Crippen molar-refractivity contribution in [3.8, 4) is 11.5 Å². The summed E-state index contributed by atoms with van der Waals surface area (Å²) in [5, 5.41) is 13.0. The average molecular weight is 315 g/mol. The number of hydrogen-bond acceptors (Lipinski definition) is 6. The molecule has 0 saturated heterocycles. The zero-order chi connectivity index (χ0) is 13.4. The van der Waals surface area contributed by atoms with Crippen LogP contribution in [-0.4, -0.2) is 11.7 Å². The zero-order valence-corrected chi connectivity index (χ0v) is 11.8. The van der Waals surface area contributed by atoms with E-state index in [0.717, 1.165) is 4.88 Å². The van der Waals surface area contributed by atoms with Crippen molar-refractivity contribution in [1.82, 2.24) is 0 Å². The lowest BCUT2D eigenvalue weighted by atomic mass is 10.0. The van der Waals surface area contributed by atoms with E-state index in [9.17, 15) is 10.1 Å². The molecule has 1 atom stereocenters. The van der Waals surface area contributed by atoms with Crippen LogP contribution in [-0.2, 0) is 0 Å². The lowest BCUT2D eigenvalue weighted by molar-refractivity contribution is -0.385. The molecule has 0 aliphatic carbocycles. The van der Waals surface area contributed by atoms with Gasteiger partial charge in [-0.3, -0.25) is 10.1 Å². The van der Waals surface area contributed by atoms with Gasteiger partial charge in [0.05, 0.1) is 22.6 Å². The van der Waals surface area contributed by atoms with Crippen molar-refractivity contribution in [1.29, 1.82) is 0 Å². The second-order valence-corrected chi connectivity index (χ2v) is 4.99. The average Bonchev–Trinajstić information content (AvgIpc) is 3.06. The number of hydrogen-bond donors (Lipinski definition) is 1. The molecule has 2 N–H and O–H groups in total. The number of nitro groups is 1. The van der Waals surface area contributed by atoms with Crippen molar-refractivity contribution < 1.29 is 14.4 Å². The van der Waals surface area contributed by atoms with Crippen LogP contribution in [0.15, 0.2) is 29.6 Å². The lowest BCUT2D eigenvalue weighted by Crippen LogP contribution is -2.12. The molecule has 1 aliphatic rings. The fourth-order valence-electron chi connectivity index (χ4n) is 1.98. The number of nitrogens with zero attached hydrogens (tertiary/aromatic N) is 1. The molecule has 0 saturated carbocycles. The van der Waals surface area contributed by atoms with Crippen molar-refractivity contribution in [2.45, 2.75) is 6.04 Å². The topological polar surface area (TPSA) is 87.6 Å². The van der Waals surface area contributed by atoms with E-state index >= 15 is 0 Å². The Morgan fingerprint density at radius 3 is 2.65 bits per heavy atom. The molecule has 1 aliphatic heterocycles.